The van der Waals surface area contributed by atoms with Crippen molar-refractivity contribution in [3.63, 3.8) is 0 Å². The number of hydrogen-bond acceptors (Lipinski definition) is 2. The van der Waals surface area contributed by atoms with E-state index in [4.69, 9.17) is 18.0 Å². The summed E-state index contributed by atoms with van der Waals surface area (Å²) < 4.78 is 26.6. The van der Waals surface area contributed by atoms with Crippen molar-refractivity contribution in [3.8, 4) is 0 Å². The number of amides is 1. The Labute approximate surface area is 123 Å². The molecule has 0 aliphatic carbocycles. The summed E-state index contributed by atoms with van der Waals surface area (Å²) in [7, 11) is 0. The minimum absolute atomic E-state index is 0.0362. The number of carbonyl (C=O) groups excluding carboxylic acids is 1. The standard InChI is InChI=1S/C12H13BrF2N2OS/c1-5(2)10(11(16)19)12(18)17-9-3-6(13)7(14)4-8(9)15/h3-5,10H,1-2H3,(H2,16,19)(H,17,18). The third-order valence-electron chi connectivity index (χ3n) is 2.52. The molecule has 0 aliphatic rings. The molecule has 0 bridgehead atoms. The minimum atomic E-state index is -0.862. The largest absolute Gasteiger partial charge is 0.393 e. The van der Waals surface area contributed by atoms with Crippen molar-refractivity contribution < 1.29 is 13.6 Å². The van der Waals surface area contributed by atoms with E-state index in [9.17, 15) is 13.6 Å². The van der Waals surface area contributed by atoms with Crippen LogP contribution in [0.1, 0.15) is 13.8 Å². The summed E-state index contributed by atoms with van der Waals surface area (Å²) in [4.78, 5) is 12.0. The van der Waals surface area contributed by atoms with E-state index < -0.39 is 23.5 Å². The lowest BCUT2D eigenvalue weighted by atomic mass is 9.95. The van der Waals surface area contributed by atoms with Gasteiger partial charge in [0.15, 0.2) is 0 Å². The van der Waals surface area contributed by atoms with E-state index in [0.717, 1.165) is 6.07 Å². The second-order valence-electron chi connectivity index (χ2n) is 4.36. The molecule has 19 heavy (non-hydrogen) atoms. The highest BCUT2D eigenvalue weighted by atomic mass is 79.9. The molecular weight excluding hydrogens is 338 g/mol. The lowest BCUT2D eigenvalue weighted by Gasteiger charge is -2.19. The average Bonchev–Trinajstić information content (AvgIpc) is 2.24. The summed E-state index contributed by atoms with van der Waals surface area (Å²) in [5.74, 6) is -2.95. The number of carbonyl (C=O) groups is 1. The fourth-order valence-electron chi connectivity index (χ4n) is 1.59. The number of anilines is 1. The van der Waals surface area contributed by atoms with Crippen molar-refractivity contribution in [1.82, 2.24) is 0 Å². The van der Waals surface area contributed by atoms with Gasteiger partial charge in [0.25, 0.3) is 0 Å². The molecule has 0 spiro atoms. The second kappa shape index (κ2) is 6.38. The van der Waals surface area contributed by atoms with Crippen molar-refractivity contribution in [2.24, 2.45) is 17.6 Å². The molecule has 3 N–H and O–H groups in total. The normalized spacial score (nSPS) is 12.3. The van der Waals surface area contributed by atoms with E-state index in [-0.39, 0.29) is 21.1 Å². The third-order valence-corrected chi connectivity index (χ3v) is 3.39. The van der Waals surface area contributed by atoms with Crippen LogP contribution in [0, 0.1) is 23.5 Å². The first-order valence-corrected chi connectivity index (χ1v) is 6.69. The Hall–Kier alpha value is -1.08. The van der Waals surface area contributed by atoms with Crippen LogP contribution >= 0.6 is 28.1 Å². The van der Waals surface area contributed by atoms with Crippen LogP contribution < -0.4 is 11.1 Å². The van der Waals surface area contributed by atoms with Crippen LogP contribution in [0.5, 0.6) is 0 Å². The zero-order chi connectivity index (χ0) is 14.7. The molecule has 1 aromatic carbocycles. The van der Waals surface area contributed by atoms with Crippen LogP contribution in [0.25, 0.3) is 0 Å². The topological polar surface area (TPSA) is 55.1 Å². The molecule has 0 fully saturated rings. The second-order valence-corrected chi connectivity index (χ2v) is 5.69. The highest BCUT2D eigenvalue weighted by Crippen LogP contribution is 2.24. The van der Waals surface area contributed by atoms with Gasteiger partial charge in [-0.15, -0.1) is 0 Å². The molecule has 104 valence electrons. The maximum absolute atomic E-state index is 13.5. The summed E-state index contributed by atoms with van der Waals surface area (Å²) in [5.41, 5.74) is 5.37. The zero-order valence-electron chi connectivity index (χ0n) is 10.3. The molecular formula is C12H13BrF2N2OS. The van der Waals surface area contributed by atoms with Crippen molar-refractivity contribution in [2.75, 3.05) is 5.32 Å². The van der Waals surface area contributed by atoms with E-state index in [2.05, 4.69) is 21.2 Å². The van der Waals surface area contributed by atoms with E-state index in [0.29, 0.717) is 6.07 Å². The van der Waals surface area contributed by atoms with Gasteiger partial charge in [-0.2, -0.15) is 0 Å². The summed E-state index contributed by atoms with van der Waals surface area (Å²) in [5, 5.41) is 2.36. The first-order chi connectivity index (χ1) is 8.73. The number of rotatable bonds is 4. The minimum Gasteiger partial charge on any atom is -0.393 e. The maximum Gasteiger partial charge on any atom is 0.234 e. The summed E-state index contributed by atoms with van der Waals surface area (Å²) in [6.45, 7) is 3.56. The maximum atomic E-state index is 13.5. The van der Waals surface area contributed by atoms with Crippen LogP contribution in [0.4, 0.5) is 14.5 Å². The van der Waals surface area contributed by atoms with Gasteiger partial charge in [0, 0.05) is 6.07 Å². The fraction of sp³-hybridized carbons (Fsp3) is 0.333. The Kier molecular flexibility index (Phi) is 5.37. The van der Waals surface area contributed by atoms with Crippen molar-refractivity contribution in [2.45, 2.75) is 13.8 Å². The molecule has 7 heteroatoms. The fourth-order valence-corrected chi connectivity index (χ4v) is 2.31. The molecule has 3 nitrogen and oxygen atoms in total. The lowest BCUT2D eigenvalue weighted by molar-refractivity contribution is -0.118. The Balaban J connectivity index is 2.99. The van der Waals surface area contributed by atoms with Crippen LogP contribution in [-0.2, 0) is 4.79 Å². The van der Waals surface area contributed by atoms with Gasteiger partial charge >= 0.3 is 0 Å². The highest BCUT2D eigenvalue weighted by molar-refractivity contribution is 9.10. The van der Waals surface area contributed by atoms with Crippen molar-refractivity contribution in [1.29, 1.82) is 0 Å². The molecule has 1 unspecified atom stereocenters. The number of benzene rings is 1. The average molecular weight is 351 g/mol. The van der Waals surface area contributed by atoms with E-state index in [1.54, 1.807) is 13.8 Å². The van der Waals surface area contributed by atoms with Gasteiger partial charge in [-0.25, -0.2) is 8.78 Å². The smallest absolute Gasteiger partial charge is 0.234 e. The van der Waals surface area contributed by atoms with Crippen LogP contribution in [-0.4, -0.2) is 10.9 Å². The molecule has 0 aliphatic heterocycles. The van der Waals surface area contributed by atoms with Gasteiger partial charge in [0.05, 0.1) is 21.1 Å². The first kappa shape index (κ1) is 16.0. The Morgan fingerprint density at radius 2 is 1.95 bits per heavy atom. The van der Waals surface area contributed by atoms with Crippen LogP contribution in [0.15, 0.2) is 16.6 Å². The highest BCUT2D eigenvalue weighted by Gasteiger charge is 2.26. The SMILES string of the molecule is CC(C)C(C(=O)Nc1cc(Br)c(F)cc1F)C(N)=S. The number of hydrogen-bond donors (Lipinski definition) is 2. The quantitative estimate of drug-likeness (QED) is 0.647. The van der Waals surface area contributed by atoms with Gasteiger partial charge in [-0.3, -0.25) is 4.79 Å². The zero-order valence-corrected chi connectivity index (χ0v) is 12.7. The Morgan fingerprint density at radius 1 is 1.37 bits per heavy atom. The van der Waals surface area contributed by atoms with Crippen LogP contribution in [0.2, 0.25) is 0 Å². The monoisotopic (exact) mass is 350 g/mol. The summed E-state index contributed by atoms with van der Waals surface area (Å²) in [6.07, 6.45) is 0. The van der Waals surface area contributed by atoms with Crippen molar-refractivity contribution in [3.05, 3.63) is 28.2 Å². The molecule has 0 radical (unpaired) electrons. The third kappa shape index (κ3) is 3.94. The van der Waals surface area contributed by atoms with Gasteiger partial charge in [0.2, 0.25) is 5.91 Å². The van der Waals surface area contributed by atoms with Gasteiger partial charge < -0.3 is 11.1 Å². The molecule has 1 atom stereocenters. The molecule has 0 heterocycles. The predicted octanol–water partition coefficient (Wildman–Crippen LogP) is 3.22. The Bertz CT molecular complexity index is 523. The number of nitrogens with two attached hydrogens (primary N) is 1. The van der Waals surface area contributed by atoms with E-state index in [1.165, 1.54) is 0 Å². The molecule has 0 aromatic heterocycles. The van der Waals surface area contributed by atoms with Crippen LogP contribution in [0.3, 0.4) is 0 Å². The summed E-state index contributed by atoms with van der Waals surface area (Å²) in [6, 6.07) is 1.84. The molecule has 1 rings (SSSR count). The van der Waals surface area contributed by atoms with E-state index in [1.807, 2.05) is 0 Å². The molecule has 0 saturated heterocycles. The number of halogens is 3. The predicted molar refractivity (Wildman–Crippen MR) is 77.8 cm³/mol. The Morgan fingerprint density at radius 3 is 2.42 bits per heavy atom. The molecule has 1 amide bonds. The van der Waals surface area contributed by atoms with E-state index >= 15 is 0 Å². The molecule has 0 saturated carbocycles. The number of nitrogens with one attached hydrogen (secondary N) is 1. The van der Waals surface area contributed by atoms with Gasteiger partial charge in [-0.1, -0.05) is 26.1 Å². The number of thiocarbonyl (C=S) groups is 1. The van der Waals surface area contributed by atoms with Gasteiger partial charge in [0.1, 0.15) is 11.6 Å². The first-order valence-electron chi connectivity index (χ1n) is 5.48. The van der Waals surface area contributed by atoms with Gasteiger partial charge in [-0.05, 0) is 27.9 Å². The van der Waals surface area contributed by atoms with Crippen molar-refractivity contribution >= 4 is 44.7 Å². The molecule has 1 aromatic rings. The lowest BCUT2D eigenvalue weighted by Crippen LogP contribution is -2.37. The summed E-state index contributed by atoms with van der Waals surface area (Å²) >= 11 is 7.74.